The molecule has 1 aromatic carbocycles. The zero-order valence-electron chi connectivity index (χ0n) is 10.4. The number of hydrogen-bond donors (Lipinski definition) is 1. The molecule has 0 saturated carbocycles. The molecule has 1 atom stereocenters. The molecule has 0 aliphatic rings. The van der Waals surface area contributed by atoms with Crippen molar-refractivity contribution in [1.29, 1.82) is 0 Å². The summed E-state index contributed by atoms with van der Waals surface area (Å²) in [5.41, 5.74) is -0.795. The van der Waals surface area contributed by atoms with Gasteiger partial charge < -0.3 is 5.11 Å². The monoisotopic (exact) mass is 285 g/mol. The number of halogens is 4. The van der Waals surface area contributed by atoms with Crippen LogP contribution in [0.4, 0.5) is 17.6 Å². The van der Waals surface area contributed by atoms with Crippen LogP contribution in [0.3, 0.4) is 0 Å². The predicted molar refractivity (Wildman–Crippen MR) is 64.4 cm³/mol. The van der Waals surface area contributed by atoms with Crippen LogP contribution in [0.1, 0.15) is 28.4 Å². The molecule has 1 unspecified atom stereocenters. The highest BCUT2D eigenvalue weighted by Gasteiger charge is 2.35. The van der Waals surface area contributed by atoms with Gasteiger partial charge in [-0.1, -0.05) is 0 Å². The van der Waals surface area contributed by atoms with Gasteiger partial charge in [-0.05, 0) is 36.8 Å². The lowest BCUT2D eigenvalue weighted by Crippen LogP contribution is -2.14. The van der Waals surface area contributed by atoms with Crippen molar-refractivity contribution in [3.8, 4) is 0 Å². The van der Waals surface area contributed by atoms with E-state index in [1.807, 2.05) is 0 Å². The number of rotatable bonds is 2. The quantitative estimate of drug-likeness (QED) is 0.855. The van der Waals surface area contributed by atoms with Crippen molar-refractivity contribution in [2.75, 3.05) is 0 Å². The summed E-state index contributed by atoms with van der Waals surface area (Å²) < 4.78 is 51.9. The fourth-order valence-corrected chi connectivity index (χ4v) is 1.95. The molecule has 0 bridgehead atoms. The molecule has 2 aromatic rings. The third-order valence-electron chi connectivity index (χ3n) is 2.99. The second-order valence-electron chi connectivity index (χ2n) is 4.36. The Morgan fingerprint density at radius 1 is 1.15 bits per heavy atom. The second kappa shape index (κ2) is 5.20. The number of aryl methyl sites for hydroxylation is 1. The zero-order chi connectivity index (χ0) is 14.9. The second-order valence-corrected chi connectivity index (χ2v) is 4.36. The van der Waals surface area contributed by atoms with Gasteiger partial charge in [-0.2, -0.15) is 13.2 Å². The Kier molecular flexibility index (Phi) is 3.76. The zero-order valence-corrected chi connectivity index (χ0v) is 10.4. The van der Waals surface area contributed by atoms with Crippen molar-refractivity contribution in [3.05, 3.63) is 64.7 Å². The molecule has 0 aliphatic heterocycles. The van der Waals surface area contributed by atoms with Crippen molar-refractivity contribution in [2.45, 2.75) is 19.2 Å². The predicted octanol–water partition coefficient (Wildman–Crippen LogP) is 3.63. The first kappa shape index (κ1) is 14.5. The van der Waals surface area contributed by atoms with E-state index >= 15 is 0 Å². The van der Waals surface area contributed by atoms with Crippen molar-refractivity contribution in [3.63, 3.8) is 0 Å². The van der Waals surface area contributed by atoms with Crippen molar-refractivity contribution >= 4 is 0 Å². The maximum Gasteiger partial charge on any atom is 0.416 e. The average molecular weight is 285 g/mol. The highest BCUT2D eigenvalue weighted by atomic mass is 19.4. The Bertz CT molecular complexity index is 625. The van der Waals surface area contributed by atoms with Gasteiger partial charge in [-0.15, -0.1) is 0 Å². The van der Waals surface area contributed by atoms with Crippen molar-refractivity contribution in [1.82, 2.24) is 4.98 Å². The highest BCUT2D eigenvalue weighted by molar-refractivity contribution is 5.39. The van der Waals surface area contributed by atoms with Gasteiger partial charge in [-0.25, -0.2) is 4.39 Å². The third kappa shape index (κ3) is 2.80. The Hall–Kier alpha value is -1.95. The maximum absolute atomic E-state index is 13.2. The summed E-state index contributed by atoms with van der Waals surface area (Å²) in [6.07, 6.45) is -3.52. The minimum Gasteiger partial charge on any atom is -0.384 e. The summed E-state index contributed by atoms with van der Waals surface area (Å²) in [5.74, 6) is -0.839. The van der Waals surface area contributed by atoms with E-state index in [2.05, 4.69) is 4.98 Å². The SMILES string of the molecule is Cc1ccncc1C(O)c1cc(F)ccc1C(F)(F)F. The number of aliphatic hydroxyl groups excluding tert-OH is 1. The Balaban J connectivity index is 2.57. The van der Waals surface area contributed by atoms with Gasteiger partial charge in [0.25, 0.3) is 0 Å². The Labute approximate surface area is 112 Å². The molecule has 6 heteroatoms. The molecule has 1 heterocycles. The molecule has 0 fully saturated rings. The number of nitrogens with zero attached hydrogens (tertiary/aromatic N) is 1. The molecule has 106 valence electrons. The summed E-state index contributed by atoms with van der Waals surface area (Å²) in [6.45, 7) is 1.63. The van der Waals surface area contributed by atoms with Gasteiger partial charge in [0, 0.05) is 23.5 Å². The molecule has 2 rings (SSSR count). The minimum atomic E-state index is -4.67. The van der Waals surface area contributed by atoms with E-state index in [9.17, 15) is 22.7 Å². The van der Waals surface area contributed by atoms with Gasteiger partial charge in [0.05, 0.1) is 5.56 Å². The number of pyridine rings is 1. The molecule has 0 aliphatic carbocycles. The largest absolute Gasteiger partial charge is 0.416 e. The van der Waals surface area contributed by atoms with Gasteiger partial charge in [0.1, 0.15) is 11.9 Å². The summed E-state index contributed by atoms with van der Waals surface area (Å²) in [6, 6.07) is 3.60. The smallest absolute Gasteiger partial charge is 0.384 e. The van der Waals surface area contributed by atoms with Crippen LogP contribution in [0.5, 0.6) is 0 Å². The lowest BCUT2D eigenvalue weighted by Gasteiger charge is -2.19. The molecular weight excluding hydrogens is 274 g/mol. The fourth-order valence-electron chi connectivity index (χ4n) is 1.95. The number of hydrogen-bond acceptors (Lipinski definition) is 2. The van der Waals surface area contributed by atoms with E-state index in [0.717, 1.165) is 6.07 Å². The van der Waals surface area contributed by atoms with Gasteiger partial charge in [0.15, 0.2) is 0 Å². The molecule has 2 nitrogen and oxygen atoms in total. The molecule has 20 heavy (non-hydrogen) atoms. The van der Waals surface area contributed by atoms with Gasteiger partial charge >= 0.3 is 6.18 Å². The Morgan fingerprint density at radius 3 is 2.45 bits per heavy atom. The molecule has 0 spiro atoms. The van der Waals surface area contributed by atoms with Crippen LogP contribution < -0.4 is 0 Å². The number of benzene rings is 1. The lowest BCUT2D eigenvalue weighted by atomic mass is 9.95. The lowest BCUT2D eigenvalue weighted by molar-refractivity contribution is -0.139. The molecule has 1 N–H and O–H groups in total. The topological polar surface area (TPSA) is 33.1 Å². The molecule has 0 saturated heterocycles. The first-order valence-electron chi connectivity index (χ1n) is 5.76. The fraction of sp³-hybridized carbons (Fsp3) is 0.214. The van der Waals surface area contributed by atoms with Crippen molar-refractivity contribution < 1.29 is 22.7 Å². The van der Waals surface area contributed by atoms with Crippen LogP contribution >= 0.6 is 0 Å². The van der Waals surface area contributed by atoms with Gasteiger partial charge in [-0.3, -0.25) is 4.98 Å². The number of alkyl halides is 3. The maximum atomic E-state index is 13.2. The van der Waals surface area contributed by atoms with E-state index in [-0.39, 0.29) is 5.56 Å². The van der Waals surface area contributed by atoms with Crippen LogP contribution in [0.2, 0.25) is 0 Å². The first-order valence-corrected chi connectivity index (χ1v) is 5.76. The molecular formula is C14H11F4NO. The van der Waals surface area contributed by atoms with E-state index in [1.165, 1.54) is 12.4 Å². The van der Waals surface area contributed by atoms with Crippen LogP contribution in [-0.4, -0.2) is 10.1 Å². The van der Waals surface area contributed by atoms with Crippen LogP contribution in [0.25, 0.3) is 0 Å². The summed E-state index contributed by atoms with van der Waals surface area (Å²) >= 11 is 0. The van der Waals surface area contributed by atoms with Gasteiger partial charge in [0.2, 0.25) is 0 Å². The Morgan fingerprint density at radius 2 is 1.85 bits per heavy atom. The van der Waals surface area contributed by atoms with E-state index in [4.69, 9.17) is 0 Å². The molecule has 0 radical (unpaired) electrons. The van der Waals surface area contributed by atoms with E-state index < -0.39 is 29.2 Å². The molecule has 0 amide bonds. The first-order chi connectivity index (χ1) is 9.30. The summed E-state index contributed by atoms with van der Waals surface area (Å²) in [5, 5.41) is 10.1. The van der Waals surface area contributed by atoms with Crippen LogP contribution in [0, 0.1) is 12.7 Å². The third-order valence-corrected chi connectivity index (χ3v) is 2.99. The summed E-state index contributed by atoms with van der Waals surface area (Å²) in [7, 11) is 0. The van der Waals surface area contributed by atoms with Crippen molar-refractivity contribution in [2.24, 2.45) is 0 Å². The minimum absolute atomic E-state index is 0.212. The van der Waals surface area contributed by atoms with E-state index in [0.29, 0.717) is 17.7 Å². The van der Waals surface area contributed by atoms with Crippen LogP contribution in [-0.2, 0) is 6.18 Å². The summed E-state index contributed by atoms with van der Waals surface area (Å²) in [4.78, 5) is 3.77. The average Bonchev–Trinajstić information content (AvgIpc) is 2.37. The number of aliphatic hydroxyl groups is 1. The molecule has 1 aromatic heterocycles. The standard InChI is InChI=1S/C14H11F4NO/c1-8-4-5-19-7-11(8)13(20)10-6-9(15)2-3-12(10)14(16,17)18/h2-7,13,20H,1H3. The highest BCUT2D eigenvalue weighted by Crippen LogP contribution is 2.37. The normalized spacial score (nSPS) is 13.3. The van der Waals surface area contributed by atoms with Crippen LogP contribution in [0.15, 0.2) is 36.7 Å². The number of aromatic nitrogens is 1. The van der Waals surface area contributed by atoms with E-state index in [1.54, 1.807) is 13.0 Å².